The highest BCUT2D eigenvalue weighted by Crippen LogP contribution is 2.31. The zero-order valence-corrected chi connectivity index (χ0v) is 14.8. The summed E-state index contributed by atoms with van der Waals surface area (Å²) >= 11 is 0. The van der Waals surface area contributed by atoms with Gasteiger partial charge in [-0.3, -0.25) is 4.79 Å². The maximum absolute atomic E-state index is 12.5. The lowest BCUT2D eigenvalue weighted by Gasteiger charge is -2.37. The Bertz CT molecular complexity index is 527. The number of carbonyl (C=O) groups is 1. The average molecular weight is 317 g/mol. The molecule has 3 N–H and O–H groups in total. The van der Waals surface area contributed by atoms with Crippen LogP contribution in [0.1, 0.15) is 50.7 Å². The number of benzene rings is 1. The van der Waals surface area contributed by atoms with Crippen LogP contribution in [0, 0.1) is 5.92 Å². The number of carbonyl (C=O) groups excluding carboxylic acids is 1. The topological polar surface area (TPSA) is 58.4 Å². The van der Waals surface area contributed by atoms with Gasteiger partial charge in [0.2, 0.25) is 5.91 Å². The third-order valence-corrected chi connectivity index (χ3v) is 5.02. The number of rotatable bonds is 6. The molecular formula is C19H31N3O. The predicted octanol–water partition coefficient (Wildman–Crippen LogP) is 2.66. The highest BCUT2D eigenvalue weighted by atomic mass is 16.1. The maximum Gasteiger partial charge on any atom is 0.225 e. The van der Waals surface area contributed by atoms with Crippen molar-refractivity contribution >= 4 is 5.91 Å². The van der Waals surface area contributed by atoms with E-state index in [1.807, 2.05) is 6.92 Å². The Hall–Kier alpha value is -1.39. The molecule has 0 bridgehead atoms. The number of hydrogen-bond donors (Lipinski definition) is 2. The molecule has 1 saturated carbocycles. The second-order valence-electron chi connectivity index (χ2n) is 7.17. The standard InChI is InChI=1S/C19H31N3O/c1-4-22(3)14-16-9-7-8-15(12-16)13-21-18(23)17-10-5-6-11-19(17,2)20/h7-9,12,17H,4-6,10-11,13-14,20H2,1-3H3,(H,21,23). The molecule has 1 aromatic rings. The van der Waals surface area contributed by atoms with Crippen LogP contribution in [0.3, 0.4) is 0 Å². The summed E-state index contributed by atoms with van der Waals surface area (Å²) in [6.07, 6.45) is 4.07. The summed E-state index contributed by atoms with van der Waals surface area (Å²) in [5, 5.41) is 3.09. The van der Waals surface area contributed by atoms with E-state index in [-0.39, 0.29) is 17.4 Å². The Morgan fingerprint density at radius 2 is 2.13 bits per heavy atom. The van der Waals surface area contributed by atoms with Crippen LogP contribution in [0.25, 0.3) is 0 Å². The summed E-state index contributed by atoms with van der Waals surface area (Å²) in [5.41, 5.74) is 8.38. The Morgan fingerprint density at radius 3 is 2.83 bits per heavy atom. The number of nitrogens with zero attached hydrogens (tertiary/aromatic N) is 1. The number of nitrogens with one attached hydrogen (secondary N) is 1. The molecule has 23 heavy (non-hydrogen) atoms. The van der Waals surface area contributed by atoms with E-state index in [1.54, 1.807) is 0 Å². The zero-order valence-electron chi connectivity index (χ0n) is 14.8. The molecule has 2 atom stereocenters. The molecule has 2 rings (SSSR count). The molecular weight excluding hydrogens is 286 g/mol. The van der Waals surface area contributed by atoms with Crippen LogP contribution >= 0.6 is 0 Å². The fraction of sp³-hybridized carbons (Fsp3) is 0.632. The van der Waals surface area contributed by atoms with Gasteiger partial charge in [0.25, 0.3) is 0 Å². The molecule has 4 nitrogen and oxygen atoms in total. The van der Waals surface area contributed by atoms with Crippen molar-refractivity contribution in [1.29, 1.82) is 0 Å². The second kappa shape index (κ2) is 7.93. The SMILES string of the molecule is CCN(C)Cc1cccc(CNC(=O)C2CCCCC2(C)N)c1. The van der Waals surface area contributed by atoms with E-state index < -0.39 is 0 Å². The third-order valence-electron chi connectivity index (χ3n) is 5.02. The fourth-order valence-corrected chi connectivity index (χ4v) is 3.36. The van der Waals surface area contributed by atoms with Crippen molar-refractivity contribution < 1.29 is 4.79 Å². The molecule has 128 valence electrons. The summed E-state index contributed by atoms with van der Waals surface area (Å²) in [7, 11) is 2.11. The largest absolute Gasteiger partial charge is 0.352 e. The lowest BCUT2D eigenvalue weighted by molar-refractivity contribution is -0.128. The average Bonchev–Trinajstić information content (AvgIpc) is 2.52. The van der Waals surface area contributed by atoms with Gasteiger partial charge in [-0.15, -0.1) is 0 Å². The molecule has 0 spiro atoms. The number of hydrogen-bond acceptors (Lipinski definition) is 3. The van der Waals surface area contributed by atoms with Crippen LogP contribution in [0.15, 0.2) is 24.3 Å². The maximum atomic E-state index is 12.5. The van der Waals surface area contributed by atoms with Gasteiger partial charge in [-0.2, -0.15) is 0 Å². The van der Waals surface area contributed by atoms with Crippen molar-refractivity contribution in [3.63, 3.8) is 0 Å². The highest BCUT2D eigenvalue weighted by molar-refractivity contribution is 5.80. The van der Waals surface area contributed by atoms with E-state index >= 15 is 0 Å². The van der Waals surface area contributed by atoms with E-state index in [0.29, 0.717) is 6.54 Å². The molecule has 0 aromatic heterocycles. The molecule has 0 radical (unpaired) electrons. The van der Waals surface area contributed by atoms with Gasteiger partial charge in [0.1, 0.15) is 0 Å². The van der Waals surface area contributed by atoms with Crippen LogP contribution in [-0.2, 0) is 17.9 Å². The Morgan fingerprint density at radius 1 is 1.39 bits per heavy atom. The van der Waals surface area contributed by atoms with Gasteiger partial charge in [0.15, 0.2) is 0 Å². The first kappa shape index (κ1) is 18.0. The first-order valence-electron chi connectivity index (χ1n) is 8.75. The highest BCUT2D eigenvalue weighted by Gasteiger charge is 2.37. The molecule has 0 saturated heterocycles. The number of amides is 1. The molecule has 4 heteroatoms. The van der Waals surface area contributed by atoms with Gasteiger partial charge >= 0.3 is 0 Å². The second-order valence-corrected chi connectivity index (χ2v) is 7.17. The summed E-state index contributed by atoms with van der Waals surface area (Å²) in [6, 6.07) is 8.44. The van der Waals surface area contributed by atoms with Crippen molar-refractivity contribution in [2.24, 2.45) is 11.7 Å². The Kier molecular flexibility index (Phi) is 6.19. The van der Waals surface area contributed by atoms with Gasteiger partial charge < -0.3 is 16.0 Å². The molecule has 1 aliphatic carbocycles. The Labute approximate surface area is 140 Å². The smallest absolute Gasteiger partial charge is 0.225 e. The molecule has 1 aromatic carbocycles. The van der Waals surface area contributed by atoms with E-state index in [0.717, 1.165) is 44.3 Å². The van der Waals surface area contributed by atoms with Crippen molar-refractivity contribution in [1.82, 2.24) is 10.2 Å². The van der Waals surface area contributed by atoms with Crippen molar-refractivity contribution in [3.8, 4) is 0 Å². The van der Waals surface area contributed by atoms with Crippen molar-refractivity contribution in [2.45, 2.75) is 58.2 Å². The van der Waals surface area contributed by atoms with Gasteiger partial charge in [0, 0.05) is 18.6 Å². The minimum absolute atomic E-state index is 0.0642. The minimum Gasteiger partial charge on any atom is -0.352 e. The lowest BCUT2D eigenvalue weighted by Crippen LogP contribution is -2.52. The van der Waals surface area contributed by atoms with Gasteiger partial charge in [-0.25, -0.2) is 0 Å². The van der Waals surface area contributed by atoms with Crippen LogP contribution in [0.5, 0.6) is 0 Å². The molecule has 2 unspecified atom stereocenters. The van der Waals surface area contributed by atoms with Gasteiger partial charge in [-0.1, -0.05) is 44.0 Å². The first-order valence-corrected chi connectivity index (χ1v) is 8.75. The van der Waals surface area contributed by atoms with Crippen LogP contribution < -0.4 is 11.1 Å². The normalized spacial score (nSPS) is 24.7. The van der Waals surface area contributed by atoms with Crippen LogP contribution in [-0.4, -0.2) is 29.9 Å². The molecule has 0 aliphatic heterocycles. The minimum atomic E-state index is -0.367. The zero-order chi connectivity index (χ0) is 16.9. The fourth-order valence-electron chi connectivity index (χ4n) is 3.36. The number of nitrogens with two attached hydrogens (primary N) is 1. The first-order chi connectivity index (χ1) is 10.9. The van der Waals surface area contributed by atoms with E-state index in [1.165, 1.54) is 5.56 Å². The lowest BCUT2D eigenvalue weighted by atomic mass is 9.74. The van der Waals surface area contributed by atoms with Crippen molar-refractivity contribution in [3.05, 3.63) is 35.4 Å². The molecule has 1 amide bonds. The monoisotopic (exact) mass is 317 g/mol. The molecule has 0 heterocycles. The van der Waals surface area contributed by atoms with Gasteiger partial charge in [-0.05, 0) is 44.5 Å². The van der Waals surface area contributed by atoms with Gasteiger partial charge in [0.05, 0.1) is 5.92 Å². The molecule has 1 aliphatic rings. The summed E-state index contributed by atoms with van der Waals surface area (Å²) in [5.74, 6) is 0.0384. The summed E-state index contributed by atoms with van der Waals surface area (Å²) < 4.78 is 0. The third kappa shape index (κ3) is 5.05. The summed E-state index contributed by atoms with van der Waals surface area (Å²) in [6.45, 7) is 6.70. The van der Waals surface area contributed by atoms with E-state index in [4.69, 9.17) is 5.73 Å². The molecule has 1 fully saturated rings. The Balaban J connectivity index is 1.92. The van der Waals surface area contributed by atoms with E-state index in [9.17, 15) is 4.79 Å². The van der Waals surface area contributed by atoms with E-state index in [2.05, 4.69) is 48.5 Å². The quantitative estimate of drug-likeness (QED) is 0.848. The van der Waals surface area contributed by atoms with Crippen LogP contribution in [0.2, 0.25) is 0 Å². The van der Waals surface area contributed by atoms with Crippen LogP contribution in [0.4, 0.5) is 0 Å². The summed E-state index contributed by atoms with van der Waals surface area (Å²) in [4.78, 5) is 14.8. The van der Waals surface area contributed by atoms with Crippen molar-refractivity contribution in [2.75, 3.05) is 13.6 Å². The predicted molar refractivity (Wildman–Crippen MR) is 94.8 cm³/mol.